The normalized spacial score (nSPS) is 19.2. The van der Waals surface area contributed by atoms with E-state index in [4.69, 9.17) is 15.0 Å². The third-order valence-corrected chi connectivity index (χ3v) is 4.98. The van der Waals surface area contributed by atoms with Gasteiger partial charge in [-0.3, -0.25) is 0 Å². The topological polar surface area (TPSA) is 44.5 Å². The van der Waals surface area contributed by atoms with Crippen LogP contribution in [-0.2, 0) is 9.31 Å². The number of anilines is 1. The third kappa shape index (κ3) is 3.72. The smallest absolute Gasteiger partial charge is 0.400 e. The minimum atomic E-state index is -0.475. The van der Waals surface area contributed by atoms with Gasteiger partial charge in [0.15, 0.2) is 0 Å². The lowest BCUT2D eigenvalue weighted by atomic mass is 9.78. The van der Waals surface area contributed by atoms with Crippen LogP contribution in [-0.4, -0.2) is 18.3 Å². The average Bonchev–Trinajstić information content (AvgIpc) is 2.69. The van der Waals surface area contributed by atoms with Crippen LogP contribution >= 0.6 is 0 Å². The van der Waals surface area contributed by atoms with Crippen molar-refractivity contribution in [1.82, 2.24) is 0 Å². The van der Waals surface area contributed by atoms with Gasteiger partial charge in [-0.2, -0.15) is 0 Å². The molecule has 1 aliphatic heterocycles. The maximum atomic E-state index is 14.0. The van der Waals surface area contributed by atoms with Crippen molar-refractivity contribution in [1.29, 1.82) is 0 Å². The fraction of sp³-hybridized carbons (Fsp3) is 0.400. The quantitative estimate of drug-likeness (QED) is 0.474. The van der Waals surface area contributed by atoms with Crippen LogP contribution in [0.1, 0.15) is 52.7 Å². The molecule has 1 fully saturated rings. The van der Waals surface area contributed by atoms with Crippen molar-refractivity contribution in [3.05, 3.63) is 53.8 Å². The summed E-state index contributed by atoms with van der Waals surface area (Å²) in [5.41, 5.74) is 9.13. The average molecular weight is 343 g/mol. The van der Waals surface area contributed by atoms with Crippen LogP contribution in [0.15, 0.2) is 36.8 Å². The summed E-state index contributed by atoms with van der Waals surface area (Å²) in [6.07, 6.45) is 1.83. The maximum Gasteiger partial charge on any atom is 0.490 e. The largest absolute Gasteiger partial charge is 0.490 e. The van der Waals surface area contributed by atoms with Gasteiger partial charge in [-0.25, -0.2) is 4.39 Å². The van der Waals surface area contributed by atoms with Crippen LogP contribution in [0.3, 0.4) is 0 Å². The standard InChI is InChI=1S/C20H27BFNO2/c1-12(2)16-10-15(22)11-17(18(16)23)13(3)9-14(4)21-24-19(5,6)20(7,8)25-21/h9-11H,1,3,23H2,2,4-8H3/b14-9+. The Bertz CT molecular complexity index is 749. The number of nitrogen functional groups attached to an aromatic ring is 1. The van der Waals surface area contributed by atoms with Gasteiger partial charge in [0, 0.05) is 16.8 Å². The summed E-state index contributed by atoms with van der Waals surface area (Å²) in [5.74, 6) is -0.370. The molecule has 0 unspecified atom stereocenters. The van der Waals surface area contributed by atoms with E-state index in [1.807, 2.05) is 40.7 Å². The summed E-state index contributed by atoms with van der Waals surface area (Å²) < 4.78 is 26.0. The van der Waals surface area contributed by atoms with Gasteiger partial charge in [-0.05, 0) is 70.3 Å². The first-order chi connectivity index (χ1) is 11.4. The monoisotopic (exact) mass is 343 g/mol. The molecule has 1 aromatic carbocycles. The van der Waals surface area contributed by atoms with Crippen LogP contribution in [0.25, 0.3) is 11.1 Å². The minimum absolute atomic E-state index is 0.370. The van der Waals surface area contributed by atoms with Gasteiger partial charge >= 0.3 is 7.12 Å². The van der Waals surface area contributed by atoms with E-state index >= 15 is 0 Å². The molecule has 0 aromatic heterocycles. The van der Waals surface area contributed by atoms with Crippen LogP contribution in [0.2, 0.25) is 0 Å². The highest BCUT2D eigenvalue weighted by molar-refractivity contribution is 6.54. The zero-order chi connectivity index (χ0) is 19.2. The Kier molecular flexibility index (Phi) is 5.04. The summed E-state index contributed by atoms with van der Waals surface area (Å²) in [6, 6.07) is 2.78. The van der Waals surface area contributed by atoms with Gasteiger partial charge in [0.05, 0.1) is 11.2 Å². The highest BCUT2D eigenvalue weighted by Gasteiger charge is 2.51. The second-order valence-electron chi connectivity index (χ2n) is 7.70. The molecule has 0 saturated carbocycles. The summed E-state index contributed by atoms with van der Waals surface area (Å²) in [6.45, 7) is 19.6. The van der Waals surface area contributed by atoms with E-state index in [9.17, 15) is 4.39 Å². The van der Waals surface area contributed by atoms with Crippen molar-refractivity contribution in [3.8, 4) is 0 Å². The molecule has 0 radical (unpaired) electrons. The van der Waals surface area contributed by atoms with Gasteiger partial charge in [-0.15, -0.1) is 0 Å². The van der Waals surface area contributed by atoms with E-state index in [1.54, 1.807) is 6.92 Å². The fourth-order valence-corrected chi connectivity index (χ4v) is 2.69. The van der Waals surface area contributed by atoms with E-state index in [-0.39, 0.29) is 5.82 Å². The van der Waals surface area contributed by atoms with Gasteiger partial charge < -0.3 is 15.0 Å². The Morgan fingerprint density at radius 1 is 1.08 bits per heavy atom. The van der Waals surface area contributed by atoms with E-state index in [0.717, 1.165) is 5.47 Å². The first-order valence-corrected chi connectivity index (χ1v) is 8.34. The number of hydrogen-bond acceptors (Lipinski definition) is 3. The Hall–Kier alpha value is -1.85. The van der Waals surface area contributed by atoms with Crippen molar-refractivity contribution >= 4 is 24.0 Å². The number of benzene rings is 1. The second kappa shape index (κ2) is 6.47. The number of nitrogens with two attached hydrogens (primary N) is 1. The molecule has 0 atom stereocenters. The third-order valence-electron chi connectivity index (χ3n) is 4.98. The lowest BCUT2D eigenvalue weighted by Crippen LogP contribution is -2.41. The summed E-state index contributed by atoms with van der Waals surface area (Å²) in [5, 5.41) is 0. The molecule has 1 aliphatic rings. The van der Waals surface area contributed by atoms with Crippen LogP contribution in [0, 0.1) is 5.82 Å². The summed E-state index contributed by atoms with van der Waals surface area (Å²) in [4.78, 5) is 0. The first-order valence-electron chi connectivity index (χ1n) is 8.34. The number of rotatable bonds is 4. The molecule has 0 amide bonds. The lowest BCUT2D eigenvalue weighted by molar-refractivity contribution is 0.00578. The van der Waals surface area contributed by atoms with Gasteiger partial charge in [0.1, 0.15) is 5.82 Å². The van der Waals surface area contributed by atoms with Crippen molar-refractivity contribution < 1.29 is 13.7 Å². The van der Waals surface area contributed by atoms with E-state index in [1.165, 1.54) is 12.1 Å². The molecule has 1 aromatic rings. The Balaban J connectivity index is 2.34. The van der Waals surface area contributed by atoms with E-state index < -0.39 is 18.3 Å². The molecule has 5 heteroatoms. The number of halogens is 1. The molecule has 0 aliphatic carbocycles. The lowest BCUT2D eigenvalue weighted by Gasteiger charge is -2.32. The Morgan fingerprint density at radius 2 is 1.56 bits per heavy atom. The van der Waals surface area contributed by atoms with Crippen molar-refractivity contribution in [2.75, 3.05) is 5.73 Å². The SMILES string of the molecule is C=C(C)c1cc(F)cc(C(=C)/C=C(\C)B2OC(C)(C)C(C)(C)O2)c1N. The molecular weight excluding hydrogens is 316 g/mol. The molecule has 25 heavy (non-hydrogen) atoms. The second-order valence-corrected chi connectivity index (χ2v) is 7.70. The molecule has 134 valence electrons. The summed E-state index contributed by atoms with van der Waals surface area (Å²) >= 11 is 0. The minimum Gasteiger partial charge on any atom is -0.400 e. The molecule has 0 bridgehead atoms. The highest BCUT2D eigenvalue weighted by Crippen LogP contribution is 2.39. The van der Waals surface area contributed by atoms with Gasteiger partial charge in [0.25, 0.3) is 0 Å². The highest BCUT2D eigenvalue weighted by atomic mass is 19.1. The molecule has 0 spiro atoms. The molecular formula is C20H27BFNO2. The van der Waals surface area contributed by atoms with Gasteiger partial charge in [0.2, 0.25) is 0 Å². The van der Waals surface area contributed by atoms with Crippen molar-refractivity contribution in [2.45, 2.75) is 52.7 Å². The van der Waals surface area contributed by atoms with E-state index in [2.05, 4.69) is 13.2 Å². The fourth-order valence-electron chi connectivity index (χ4n) is 2.69. The first kappa shape index (κ1) is 19.5. The molecule has 2 N–H and O–H groups in total. The van der Waals surface area contributed by atoms with E-state index in [0.29, 0.717) is 28.0 Å². The zero-order valence-corrected chi connectivity index (χ0v) is 16.0. The summed E-state index contributed by atoms with van der Waals surface area (Å²) in [7, 11) is -0.475. The molecule has 1 saturated heterocycles. The molecule has 3 nitrogen and oxygen atoms in total. The zero-order valence-electron chi connectivity index (χ0n) is 16.0. The predicted molar refractivity (Wildman–Crippen MR) is 104 cm³/mol. The van der Waals surface area contributed by atoms with Crippen LogP contribution in [0.4, 0.5) is 10.1 Å². The number of hydrogen-bond donors (Lipinski definition) is 1. The number of allylic oxidation sites excluding steroid dienone is 4. The van der Waals surface area contributed by atoms with Crippen LogP contribution < -0.4 is 5.73 Å². The Labute approximate surface area is 150 Å². The predicted octanol–water partition coefficient (Wildman–Crippen LogP) is 5.03. The van der Waals surface area contributed by atoms with Crippen LogP contribution in [0.5, 0.6) is 0 Å². The van der Waals surface area contributed by atoms with Crippen molar-refractivity contribution in [2.24, 2.45) is 0 Å². The molecule has 1 heterocycles. The van der Waals surface area contributed by atoms with Crippen molar-refractivity contribution in [3.63, 3.8) is 0 Å². The molecule has 2 rings (SSSR count). The maximum absolute atomic E-state index is 14.0. The Morgan fingerprint density at radius 3 is 2.04 bits per heavy atom. The van der Waals surface area contributed by atoms with Gasteiger partial charge in [-0.1, -0.05) is 19.2 Å².